The first-order valence-corrected chi connectivity index (χ1v) is 13.9. The summed E-state index contributed by atoms with van der Waals surface area (Å²) in [5.41, 5.74) is 3.61. The van der Waals surface area contributed by atoms with Gasteiger partial charge in [0.2, 0.25) is 5.95 Å². The number of fused-ring (bicyclic) bond motifs is 1. The molecule has 0 amide bonds. The van der Waals surface area contributed by atoms with E-state index in [1.807, 2.05) is 16.8 Å². The zero-order valence-electron chi connectivity index (χ0n) is 20.5. The van der Waals surface area contributed by atoms with Gasteiger partial charge in [-0.15, -0.1) is 5.10 Å². The quantitative estimate of drug-likeness (QED) is 0.465. The van der Waals surface area contributed by atoms with E-state index in [0.29, 0.717) is 27.9 Å². The van der Waals surface area contributed by atoms with Crippen molar-refractivity contribution in [3.63, 3.8) is 0 Å². The monoisotopic (exact) mass is 527 g/mol. The average molecular weight is 528 g/mol. The molecule has 5 heterocycles. The third-order valence-corrected chi connectivity index (χ3v) is 9.13. The fraction of sp³-hybridized carbons (Fsp3) is 0.615. The molecule has 3 aromatic rings. The van der Waals surface area contributed by atoms with E-state index in [2.05, 4.69) is 27.0 Å². The highest BCUT2D eigenvalue weighted by Crippen LogP contribution is 2.43. The Morgan fingerprint density at radius 3 is 2.58 bits per heavy atom. The molecule has 2 aromatic heterocycles. The van der Waals surface area contributed by atoms with Crippen LogP contribution in [0.4, 0.5) is 5.95 Å². The molecule has 3 saturated heterocycles. The lowest BCUT2D eigenvalue weighted by Crippen LogP contribution is -2.57. The Morgan fingerprint density at radius 1 is 1.03 bits per heavy atom. The number of piperidine rings is 1. The van der Waals surface area contributed by atoms with Crippen LogP contribution in [0.15, 0.2) is 18.2 Å². The molecule has 0 unspecified atom stereocenters. The summed E-state index contributed by atoms with van der Waals surface area (Å²) in [6.07, 6.45) is 4.93. The largest absolute Gasteiger partial charge is 0.378 e. The maximum Gasteiger partial charge on any atom is 0.227 e. The molecule has 0 N–H and O–H groups in total. The van der Waals surface area contributed by atoms with Crippen molar-refractivity contribution in [2.24, 2.45) is 11.8 Å². The number of benzene rings is 1. The van der Waals surface area contributed by atoms with Crippen LogP contribution in [0.25, 0.3) is 11.2 Å². The summed E-state index contributed by atoms with van der Waals surface area (Å²) >= 11 is 12.7. The van der Waals surface area contributed by atoms with Gasteiger partial charge in [-0.1, -0.05) is 34.5 Å². The van der Waals surface area contributed by atoms with Gasteiger partial charge in [-0.25, -0.2) is 9.67 Å². The third kappa shape index (κ3) is 4.06. The van der Waals surface area contributed by atoms with Gasteiger partial charge in [-0.2, -0.15) is 4.98 Å². The molecule has 1 aliphatic carbocycles. The van der Waals surface area contributed by atoms with Gasteiger partial charge in [-0.05, 0) is 68.7 Å². The van der Waals surface area contributed by atoms with Gasteiger partial charge in [0, 0.05) is 35.6 Å². The van der Waals surface area contributed by atoms with Gasteiger partial charge in [0.1, 0.15) is 0 Å². The molecule has 0 radical (unpaired) electrons. The summed E-state index contributed by atoms with van der Waals surface area (Å²) in [4.78, 5) is 15.1. The number of aromatic nitrogens is 5. The van der Waals surface area contributed by atoms with Crippen molar-refractivity contribution < 1.29 is 4.74 Å². The topological polar surface area (TPSA) is 72.2 Å². The van der Waals surface area contributed by atoms with Gasteiger partial charge >= 0.3 is 0 Å². The van der Waals surface area contributed by atoms with Crippen molar-refractivity contribution in [3.05, 3.63) is 39.5 Å². The van der Waals surface area contributed by atoms with Crippen molar-refractivity contribution in [2.75, 3.05) is 44.3 Å². The Labute approximate surface area is 220 Å². The second-order valence-electron chi connectivity index (χ2n) is 11.0. The van der Waals surface area contributed by atoms with E-state index >= 15 is 0 Å². The second kappa shape index (κ2) is 9.08. The molecular formula is C26H31Cl2N7O. The summed E-state index contributed by atoms with van der Waals surface area (Å²) in [6.45, 7) is 8.35. The molecule has 10 heteroatoms. The molecule has 0 spiro atoms. The minimum Gasteiger partial charge on any atom is -0.378 e. The minimum absolute atomic E-state index is 0.123. The van der Waals surface area contributed by atoms with Crippen LogP contribution in [0.3, 0.4) is 0 Å². The highest BCUT2D eigenvalue weighted by molar-refractivity contribution is 6.35. The first-order chi connectivity index (χ1) is 17.5. The number of anilines is 1. The Bertz CT molecular complexity index is 1280. The van der Waals surface area contributed by atoms with Crippen molar-refractivity contribution in [3.8, 4) is 0 Å². The summed E-state index contributed by atoms with van der Waals surface area (Å²) in [6, 6.07) is 6.10. The molecule has 8 nitrogen and oxygen atoms in total. The van der Waals surface area contributed by atoms with Gasteiger partial charge < -0.3 is 9.64 Å². The van der Waals surface area contributed by atoms with Crippen LogP contribution in [-0.4, -0.2) is 75.3 Å². The lowest BCUT2D eigenvalue weighted by atomic mass is 9.80. The number of halogens is 2. The fourth-order valence-electron chi connectivity index (χ4n) is 6.02. The van der Waals surface area contributed by atoms with Gasteiger partial charge in [0.05, 0.1) is 31.0 Å². The standard InChI is InChI=1S/C26H31Cl2N7O/c1-15(21-7-6-19(27)9-22(21)28)35-25-24(31-32-35)23(16-4-5-16)29-26(30-25)34-11-18(12-34)17-3-2-8-33(10-17)20-13-36-14-20/h6-7,9,15-18,20H,2-5,8,10-14H2,1H3/t15-,17+/m1/s1. The van der Waals surface area contributed by atoms with E-state index in [0.717, 1.165) is 73.4 Å². The third-order valence-electron chi connectivity index (χ3n) is 8.57. The van der Waals surface area contributed by atoms with Gasteiger partial charge in [-0.3, -0.25) is 4.90 Å². The van der Waals surface area contributed by atoms with Gasteiger partial charge in [0.25, 0.3) is 0 Å². The van der Waals surface area contributed by atoms with E-state index in [4.69, 9.17) is 37.9 Å². The number of nitrogens with zero attached hydrogens (tertiary/aromatic N) is 7. The first kappa shape index (κ1) is 23.1. The normalized spacial score (nSPS) is 24.6. The predicted molar refractivity (Wildman–Crippen MR) is 140 cm³/mol. The van der Waals surface area contributed by atoms with Crippen molar-refractivity contribution in [1.82, 2.24) is 29.9 Å². The maximum absolute atomic E-state index is 6.53. The number of hydrogen-bond donors (Lipinski definition) is 0. The predicted octanol–water partition coefficient (Wildman–Crippen LogP) is 4.56. The van der Waals surface area contributed by atoms with E-state index in [1.165, 1.54) is 25.9 Å². The molecule has 2 atom stereocenters. The Hall–Kier alpha value is -2.00. The number of hydrogen-bond acceptors (Lipinski definition) is 7. The summed E-state index contributed by atoms with van der Waals surface area (Å²) in [7, 11) is 0. The van der Waals surface area contributed by atoms with Crippen molar-refractivity contribution in [2.45, 2.75) is 50.6 Å². The van der Waals surface area contributed by atoms with Gasteiger partial charge in [0.15, 0.2) is 11.2 Å². The number of rotatable bonds is 6. The highest BCUT2D eigenvalue weighted by Gasteiger charge is 2.40. The zero-order valence-corrected chi connectivity index (χ0v) is 22.0. The van der Waals surface area contributed by atoms with Crippen LogP contribution >= 0.6 is 23.2 Å². The lowest BCUT2D eigenvalue weighted by molar-refractivity contribution is -0.0804. The van der Waals surface area contributed by atoms with Crippen LogP contribution in [-0.2, 0) is 4.74 Å². The molecule has 0 bridgehead atoms. The van der Waals surface area contributed by atoms with E-state index < -0.39 is 0 Å². The van der Waals surface area contributed by atoms with Crippen LogP contribution in [0.2, 0.25) is 10.0 Å². The maximum atomic E-state index is 6.53. The van der Waals surface area contributed by atoms with Crippen LogP contribution in [0, 0.1) is 11.8 Å². The average Bonchev–Trinajstić information content (AvgIpc) is 3.55. The molecule has 4 fully saturated rings. The van der Waals surface area contributed by atoms with E-state index in [-0.39, 0.29) is 6.04 Å². The molecule has 3 aliphatic heterocycles. The Balaban J connectivity index is 1.14. The molecule has 190 valence electrons. The SMILES string of the molecule is C[C@H](c1ccc(Cl)cc1Cl)n1nnc2c(C3CC3)nc(N3CC([C@H]4CCCN(C5COC5)C4)C3)nc21. The van der Waals surface area contributed by atoms with E-state index in [9.17, 15) is 0 Å². The van der Waals surface area contributed by atoms with Crippen molar-refractivity contribution in [1.29, 1.82) is 0 Å². The van der Waals surface area contributed by atoms with Crippen LogP contribution in [0.1, 0.15) is 55.8 Å². The summed E-state index contributed by atoms with van der Waals surface area (Å²) in [5, 5.41) is 10.3. The Morgan fingerprint density at radius 2 is 1.86 bits per heavy atom. The van der Waals surface area contributed by atoms with Crippen LogP contribution in [0.5, 0.6) is 0 Å². The molecule has 4 aliphatic rings. The Kier molecular flexibility index (Phi) is 5.84. The molecular weight excluding hydrogens is 497 g/mol. The lowest BCUT2D eigenvalue weighted by Gasteiger charge is -2.49. The highest BCUT2D eigenvalue weighted by atomic mass is 35.5. The summed E-state index contributed by atoms with van der Waals surface area (Å²) < 4.78 is 7.32. The molecule has 1 saturated carbocycles. The summed E-state index contributed by atoms with van der Waals surface area (Å²) in [5.74, 6) is 2.73. The second-order valence-corrected chi connectivity index (χ2v) is 11.8. The minimum atomic E-state index is -0.123. The molecule has 36 heavy (non-hydrogen) atoms. The molecule has 1 aromatic carbocycles. The number of likely N-dealkylation sites (tertiary alicyclic amines) is 1. The van der Waals surface area contributed by atoms with Crippen molar-refractivity contribution >= 4 is 40.3 Å². The smallest absolute Gasteiger partial charge is 0.227 e. The molecule has 7 rings (SSSR count). The fourth-order valence-corrected chi connectivity index (χ4v) is 6.59. The number of ether oxygens (including phenoxy) is 1. The zero-order chi connectivity index (χ0) is 24.4. The van der Waals surface area contributed by atoms with E-state index in [1.54, 1.807) is 6.07 Å². The van der Waals surface area contributed by atoms with Crippen LogP contribution < -0.4 is 4.90 Å². The first-order valence-electron chi connectivity index (χ1n) is 13.2.